The summed E-state index contributed by atoms with van der Waals surface area (Å²) in [6, 6.07) is 13.9. The Balaban J connectivity index is 2.37. The molecule has 0 N–H and O–H groups in total. The third-order valence-corrected chi connectivity index (χ3v) is 5.20. The van der Waals surface area contributed by atoms with Crippen molar-refractivity contribution in [2.45, 2.75) is 11.8 Å². The molecular formula is C13H14O3SSi. The minimum absolute atomic E-state index is 0.262. The Bertz CT molecular complexity index is 665. The lowest BCUT2D eigenvalue weighted by Gasteiger charge is -2.09. The van der Waals surface area contributed by atoms with Gasteiger partial charge in [-0.1, -0.05) is 30.3 Å². The van der Waals surface area contributed by atoms with E-state index in [0.717, 1.165) is 10.8 Å². The molecule has 0 unspecified atom stereocenters. The van der Waals surface area contributed by atoms with Gasteiger partial charge in [-0.3, -0.25) is 0 Å². The van der Waals surface area contributed by atoms with Crippen molar-refractivity contribution in [3.63, 3.8) is 0 Å². The summed E-state index contributed by atoms with van der Waals surface area (Å²) < 4.78 is 29.4. The lowest BCUT2D eigenvalue weighted by Crippen LogP contribution is -2.19. The van der Waals surface area contributed by atoms with Crippen LogP contribution in [0.4, 0.5) is 0 Å². The van der Waals surface area contributed by atoms with E-state index >= 15 is 0 Å². The van der Waals surface area contributed by atoms with Crippen molar-refractivity contribution in [1.29, 1.82) is 0 Å². The first-order chi connectivity index (χ1) is 8.49. The van der Waals surface area contributed by atoms with Crippen LogP contribution in [-0.2, 0) is 10.1 Å². The van der Waals surface area contributed by atoms with Gasteiger partial charge in [0.05, 0.1) is 0 Å². The highest BCUT2D eigenvalue weighted by Crippen LogP contribution is 2.18. The first-order valence-corrected chi connectivity index (χ1v) is 7.97. The fourth-order valence-electron chi connectivity index (χ4n) is 1.68. The van der Waals surface area contributed by atoms with E-state index in [1.54, 1.807) is 36.4 Å². The molecule has 0 amide bonds. The second-order valence-corrected chi connectivity index (χ2v) is 6.71. The molecule has 2 aromatic carbocycles. The van der Waals surface area contributed by atoms with Crippen molar-refractivity contribution in [2.24, 2.45) is 0 Å². The highest BCUT2D eigenvalue weighted by molar-refractivity contribution is 7.87. The van der Waals surface area contributed by atoms with Crippen LogP contribution >= 0.6 is 0 Å². The largest absolute Gasteiger partial charge is 0.379 e. The molecule has 3 nitrogen and oxygen atoms in total. The average Bonchev–Trinajstić information content (AvgIpc) is 2.28. The molecule has 0 aliphatic rings. The van der Waals surface area contributed by atoms with Gasteiger partial charge in [-0.25, -0.2) is 0 Å². The molecule has 5 heteroatoms. The van der Waals surface area contributed by atoms with Crippen molar-refractivity contribution in [3.05, 3.63) is 54.1 Å². The molecular weight excluding hydrogens is 264 g/mol. The van der Waals surface area contributed by atoms with Gasteiger partial charge in [-0.05, 0) is 35.9 Å². The van der Waals surface area contributed by atoms with Crippen LogP contribution < -0.4 is 9.37 Å². The SMILES string of the molecule is Cc1cccc(OS(=O)(=O)c2ccccc2[SiH3])c1. The third-order valence-electron chi connectivity index (χ3n) is 2.56. The van der Waals surface area contributed by atoms with Gasteiger partial charge in [-0.2, -0.15) is 8.42 Å². The van der Waals surface area contributed by atoms with Crippen LogP contribution in [0, 0.1) is 6.92 Å². The van der Waals surface area contributed by atoms with E-state index in [0.29, 0.717) is 16.0 Å². The molecule has 0 saturated heterocycles. The molecule has 2 rings (SSSR count). The van der Waals surface area contributed by atoms with E-state index in [2.05, 4.69) is 0 Å². The zero-order valence-electron chi connectivity index (χ0n) is 10.3. The lowest BCUT2D eigenvalue weighted by atomic mass is 10.2. The number of rotatable bonds is 3. The van der Waals surface area contributed by atoms with E-state index in [9.17, 15) is 8.42 Å². The molecule has 18 heavy (non-hydrogen) atoms. The first kappa shape index (κ1) is 12.9. The van der Waals surface area contributed by atoms with Gasteiger partial charge < -0.3 is 4.18 Å². The summed E-state index contributed by atoms with van der Waals surface area (Å²) in [5.41, 5.74) is 0.960. The van der Waals surface area contributed by atoms with Gasteiger partial charge >= 0.3 is 10.1 Å². The summed E-state index contributed by atoms with van der Waals surface area (Å²) in [7, 11) is -3.06. The van der Waals surface area contributed by atoms with Crippen LogP contribution in [-0.4, -0.2) is 18.7 Å². The molecule has 0 atom stereocenters. The highest BCUT2D eigenvalue weighted by atomic mass is 32.2. The molecule has 94 valence electrons. The Morgan fingerprint density at radius 1 is 1.06 bits per heavy atom. The predicted octanol–water partition coefficient (Wildman–Crippen LogP) is 0.753. The first-order valence-electron chi connectivity index (χ1n) is 5.56. The standard InChI is InChI=1S/C13H14O3SSi/c1-10-5-4-6-11(9-10)16-17(14,15)12-7-2-3-8-13(12)18/h2-9H,1,18H3. The van der Waals surface area contributed by atoms with Crippen molar-refractivity contribution in [2.75, 3.05) is 0 Å². The summed E-state index contributed by atoms with van der Waals surface area (Å²) in [6.45, 7) is 1.89. The summed E-state index contributed by atoms with van der Waals surface area (Å²) in [5.74, 6) is 0.347. The highest BCUT2D eigenvalue weighted by Gasteiger charge is 2.18. The van der Waals surface area contributed by atoms with Crippen LogP contribution in [0.25, 0.3) is 0 Å². The minimum atomic E-state index is -3.73. The van der Waals surface area contributed by atoms with Gasteiger partial charge in [0.2, 0.25) is 0 Å². The van der Waals surface area contributed by atoms with E-state index in [1.165, 1.54) is 0 Å². The zero-order chi connectivity index (χ0) is 13.2. The molecule has 0 aromatic heterocycles. The molecule has 0 fully saturated rings. The molecule has 0 aliphatic carbocycles. The summed E-state index contributed by atoms with van der Waals surface area (Å²) in [4.78, 5) is 0.262. The molecule has 0 bridgehead atoms. The molecule has 0 saturated carbocycles. The van der Waals surface area contributed by atoms with E-state index in [1.807, 2.05) is 19.1 Å². The molecule has 0 aliphatic heterocycles. The predicted molar refractivity (Wildman–Crippen MR) is 75.0 cm³/mol. The number of aryl methyl sites for hydroxylation is 1. The number of benzene rings is 2. The maximum Gasteiger partial charge on any atom is 0.339 e. The second kappa shape index (κ2) is 4.95. The third kappa shape index (κ3) is 2.80. The van der Waals surface area contributed by atoms with Crippen LogP contribution in [0.5, 0.6) is 5.75 Å². The Morgan fingerprint density at radius 2 is 1.78 bits per heavy atom. The Kier molecular flexibility index (Phi) is 3.54. The molecule has 0 radical (unpaired) electrons. The Labute approximate surface area is 110 Å². The normalized spacial score (nSPS) is 11.4. The van der Waals surface area contributed by atoms with Gasteiger partial charge in [0.15, 0.2) is 0 Å². The van der Waals surface area contributed by atoms with Crippen molar-refractivity contribution >= 4 is 25.5 Å². The average molecular weight is 278 g/mol. The lowest BCUT2D eigenvalue weighted by molar-refractivity contribution is 0.486. The minimum Gasteiger partial charge on any atom is -0.379 e. The van der Waals surface area contributed by atoms with Crippen LogP contribution in [0.1, 0.15) is 5.56 Å². The van der Waals surface area contributed by atoms with E-state index in [4.69, 9.17) is 4.18 Å². The second-order valence-electron chi connectivity index (χ2n) is 4.12. The Morgan fingerprint density at radius 3 is 2.44 bits per heavy atom. The van der Waals surface area contributed by atoms with Crippen LogP contribution in [0.15, 0.2) is 53.4 Å². The maximum atomic E-state index is 12.1. The van der Waals surface area contributed by atoms with Crippen molar-refractivity contribution in [3.8, 4) is 5.75 Å². The van der Waals surface area contributed by atoms with Crippen molar-refractivity contribution < 1.29 is 12.6 Å². The van der Waals surface area contributed by atoms with E-state index in [-0.39, 0.29) is 4.90 Å². The zero-order valence-corrected chi connectivity index (χ0v) is 13.1. The van der Waals surface area contributed by atoms with Gasteiger partial charge in [0.1, 0.15) is 10.6 Å². The summed E-state index contributed by atoms with van der Waals surface area (Å²) in [6.07, 6.45) is 0. The van der Waals surface area contributed by atoms with Crippen LogP contribution in [0.3, 0.4) is 0 Å². The fraction of sp³-hybridized carbons (Fsp3) is 0.0769. The van der Waals surface area contributed by atoms with Gasteiger partial charge in [0.25, 0.3) is 0 Å². The van der Waals surface area contributed by atoms with Gasteiger partial charge in [0, 0.05) is 10.2 Å². The monoisotopic (exact) mass is 278 g/mol. The van der Waals surface area contributed by atoms with E-state index < -0.39 is 10.1 Å². The number of hydrogen-bond donors (Lipinski definition) is 0. The Hall–Kier alpha value is -1.59. The van der Waals surface area contributed by atoms with Gasteiger partial charge in [-0.15, -0.1) is 0 Å². The molecule has 0 spiro atoms. The smallest absolute Gasteiger partial charge is 0.339 e. The summed E-state index contributed by atoms with van der Waals surface area (Å²) in [5, 5.41) is 0.810. The van der Waals surface area contributed by atoms with Crippen molar-refractivity contribution in [1.82, 2.24) is 0 Å². The van der Waals surface area contributed by atoms with Crippen LogP contribution in [0.2, 0.25) is 0 Å². The maximum absolute atomic E-state index is 12.1. The topological polar surface area (TPSA) is 43.4 Å². The molecule has 0 heterocycles. The fourth-order valence-corrected chi connectivity index (χ4v) is 3.94. The molecule has 2 aromatic rings. The number of hydrogen-bond acceptors (Lipinski definition) is 3. The summed E-state index contributed by atoms with van der Waals surface area (Å²) >= 11 is 0. The quantitative estimate of drug-likeness (QED) is 0.615.